The number of halogens is 3. The maximum atomic E-state index is 10.8. The summed E-state index contributed by atoms with van der Waals surface area (Å²) in [6.45, 7) is 0. The second-order valence-corrected chi connectivity index (χ2v) is 0.623. The van der Waals surface area contributed by atoms with Gasteiger partial charge in [0.25, 0.3) is 0 Å². The molecule has 0 nitrogen and oxygen atoms in total. The van der Waals surface area contributed by atoms with Crippen molar-refractivity contribution in [1.29, 1.82) is 0 Å². The van der Waals surface area contributed by atoms with E-state index in [1.54, 1.807) is 0 Å². The van der Waals surface area contributed by atoms with Crippen LogP contribution in [0.4, 0.5) is 13.2 Å². The van der Waals surface area contributed by atoms with Crippen molar-refractivity contribution in [3.8, 4) is 12.3 Å². The maximum absolute atomic E-state index is 10.8. The normalized spacial score (nSPS) is 11.5. The van der Waals surface area contributed by atoms with Gasteiger partial charge in [0.05, 0.1) is 0 Å². The standard InChI is InChI=1S/C3HF3/c1-2-3(4,5)6/h1H/i1D. The summed E-state index contributed by atoms with van der Waals surface area (Å²) >= 11 is 0. The second kappa shape index (κ2) is 1.21. The Hall–Kier alpha value is -0.650. The highest BCUT2D eigenvalue weighted by Gasteiger charge is 2.21. The first-order valence-electron chi connectivity index (χ1n) is 1.57. The van der Waals surface area contributed by atoms with Crippen LogP contribution in [0.2, 0.25) is 0 Å². The molecule has 0 heterocycles. The summed E-state index contributed by atoms with van der Waals surface area (Å²) in [5, 5.41) is 0. The molecule has 0 amide bonds. The van der Waals surface area contributed by atoms with Crippen LogP contribution >= 0.6 is 0 Å². The van der Waals surface area contributed by atoms with Crippen LogP contribution < -0.4 is 0 Å². The molecule has 0 N–H and O–H groups in total. The van der Waals surface area contributed by atoms with Crippen molar-refractivity contribution in [2.45, 2.75) is 6.18 Å². The zero-order valence-corrected chi connectivity index (χ0v) is 2.63. The fourth-order valence-corrected chi connectivity index (χ4v) is 0. The first-order chi connectivity index (χ1) is 3.06. The van der Waals surface area contributed by atoms with Gasteiger partial charge in [-0.05, 0) is 0 Å². The van der Waals surface area contributed by atoms with Crippen LogP contribution in [0.1, 0.15) is 1.37 Å². The maximum Gasteiger partial charge on any atom is 0.457 e. The van der Waals surface area contributed by atoms with Crippen LogP contribution in [-0.2, 0) is 0 Å². The highest BCUT2D eigenvalue weighted by molar-refractivity contribution is 4.92. The van der Waals surface area contributed by atoms with E-state index in [9.17, 15) is 13.2 Å². The minimum absolute atomic E-state index is 0.701. The third-order valence-electron chi connectivity index (χ3n) is 0.142. The predicted molar refractivity (Wildman–Crippen MR) is 14.9 cm³/mol. The minimum atomic E-state index is -4.50. The lowest BCUT2D eigenvalue weighted by Crippen LogP contribution is -1.99. The van der Waals surface area contributed by atoms with Crippen LogP contribution in [0.25, 0.3) is 0 Å². The Labute approximate surface area is 34.4 Å². The summed E-state index contributed by atoms with van der Waals surface area (Å²) in [7, 11) is 0. The molecule has 6 heavy (non-hydrogen) atoms. The van der Waals surface area contributed by atoms with Gasteiger partial charge in [0.15, 0.2) is 0 Å². The molecule has 0 aliphatic carbocycles. The Morgan fingerprint density at radius 2 is 2.17 bits per heavy atom. The number of alkyl halides is 3. The van der Waals surface area contributed by atoms with Crippen molar-refractivity contribution in [3.63, 3.8) is 0 Å². The topological polar surface area (TPSA) is 0 Å². The summed E-state index contributed by atoms with van der Waals surface area (Å²) in [6, 6.07) is 0. The smallest absolute Gasteiger partial charge is 0.159 e. The average Bonchev–Trinajstić information content (AvgIpc) is 1.30. The lowest BCUT2D eigenvalue weighted by molar-refractivity contribution is -0.0695. The Morgan fingerprint density at radius 3 is 2.17 bits per heavy atom. The molecule has 0 radical (unpaired) electrons. The van der Waals surface area contributed by atoms with E-state index in [1.807, 2.05) is 0 Å². The first-order valence-corrected chi connectivity index (χ1v) is 1.07. The summed E-state index contributed by atoms with van der Waals surface area (Å²) < 4.78 is 38.1. The molecular formula is C3HF3. The van der Waals surface area contributed by atoms with Gasteiger partial charge >= 0.3 is 6.18 Å². The number of hydrogen-bond acceptors (Lipinski definition) is 0. The van der Waals surface area contributed by atoms with Gasteiger partial charge in [-0.1, -0.05) is 0 Å². The number of hydrogen-bond donors (Lipinski definition) is 0. The zero-order chi connectivity index (χ0) is 5.91. The van der Waals surface area contributed by atoms with Crippen molar-refractivity contribution in [2.24, 2.45) is 0 Å². The van der Waals surface area contributed by atoms with Crippen molar-refractivity contribution < 1.29 is 14.5 Å². The van der Waals surface area contributed by atoms with Crippen LogP contribution in [0.3, 0.4) is 0 Å². The molecule has 0 fully saturated rings. The van der Waals surface area contributed by atoms with E-state index < -0.39 is 6.18 Å². The van der Waals surface area contributed by atoms with E-state index in [0.29, 0.717) is 5.92 Å². The molecule has 3 heteroatoms. The predicted octanol–water partition coefficient (Wildman–Crippen LogP) is 1.18. The van der Waals surface area contributed by atoms with E-state index in [2.05, 4.69) is 0 Å². The van der Waals surface area contributed by atoms with Gasteiger partial charge in [0.1, 0.15) is 1.37 Å². The van der Waals surface area contributed by atoms with Crippen molar-refractivity contribution in [2.75, 3.05) is 0 Å². The van der Waals surface area contributed by atoms with Gasteiger partial charge in [-0.3, -0.25) is 0 Å². The molecule has 0 aromatic heterocycles. The average molecular weight is 95.0 g/mol. The quantitative estimate of drug-likeness (QED) is 0.396. The van der Waals surface area contributed by atoms with E-state index >= 15 is 0 Å². The largest absolute Gasteiger partial charge is 0.457 e. The molecule has 34 valence electrons. The summed E-state index contributed by atoms with van der Waals surface area (Å²) in [4.78, 5) is 0. The van der Waals surface area contributed by atoms with Gasteiger partial charge in [-0.15, -0.1) is 6.40 Å². The Bertz CT molecular complexity index is 104. The van der Waals surface area contributed by atoms with E-state index in [0.717, 1.165) is 6.40 Å². The summed E-state index contributed by atoms with van der Waals surface area (Å²) in [5.74, 6) is 0.701. The van der Waals surface area contributed by atoms with E-state index in [1.165, 1.54) is 0 Å². The fraction of sp³-hybridized carbons (Fsp3) is 0.333. The molecule has 0 atom stereocenters. The zero-order valence-electron chi connectivity index (χ0n) is 3.63. The van der Waals surface area contributed by atoms with E-state index in [4.69, 9.17) is 1.37 Å². The monoisotopic (exact) mass is 95.0 g/mol. The molecule has 0 rings (SSSR count). The highest BCUT2D eigenvalue weighted by atomic mass is 19.4. The highest BCUT2D eigenvalue weighted by Crippen LogP contribution is 2.10. The number of rotatable bonds is 0. The van der Waals surface area contributed by atoms with Crippen molar-refractivity contribution in [1.82, 2.24) is 0 Å². The molecule has 0 bridgehead atoms. The van der Waals surface area contributed by atoms with Gasteiger partial charge in [-0.2, -0.15) is 13.2 Å². The second-order valence-electron chi connectivity index (χ2n) is 0.623. The minimum Gasteiger partial charge on any atom is -0.159 e. The molecule has 0 aliphatic heterocycles. The molecule has 0 unspecified atom stereocenters. The summed E-state index contributed by atoms with van der Waals surface area (Å²) in [5.41, 5.74) is 0. The Kier molecular flexibility index (Phi) is 0.714. The summed E-state index contributed by atoms with van der Waals surface area (Å²) in [6.07, 6.45) is -3.52. The van der Waals surface area contributed by atoms with Crippen LogP contribution in [0.5, 0.6) is 0 Å². The molecule has 0 aliphatic rings. The fourth-order valence-electron chi connectivity index (χ4n) is 0. The van der Waals surface area contributed by atoms with Crippen LogP contribution in [0, 0.1) is 12.3 Å². The van der Waals surface area contributed by atoms with Crippen LogP contribution in [-0.4, -0.2) is 6.18 Å². The molecular weight excluding hydrogens is 93.0 g/mol. The molecule has 0 saturated heterocycles. The Balaban J connectivity index is 3.72. The SMILES string of the molecule is [2H]C#CC(F)(F)F. The van der Waals surface area contributed by atoms with Crippen molar-refractivity contribution >= 4 is 0 Å². The molecule has 0 saturated carbocycles. The Morgan fingerprint density at radius 1 is 1.67 bits per heavy atom. The van der Waals surface area contributed by atoms with Gasteiger partial charge in [-0.25, -0.2) is 0 Å². The van der Waals surface area contributed by atoms with E-state index in [-0.39, 0.29) is 0 Å². The van der Waals surface area contributed by atoms with Crippen molar-refractivity contribution in [3.05, 3.63) is 0 Å². The van der Waals surface area contributed by atoms with Crippen LogP contribution in [0.15, 0.2) is 0 Å². The van der Waals surface area contributed by atoms with Gasteiger partial charge in [0.2, 0.25) is 0 Å². The van der Waals surface area contributed by atoms with Gasteiger partial charge < -0.3 is 0 Å². The van der Waals surface area contributed by atoms with Gasteiger partial charge in [0, 0.05) is 5.92 Å². The molecule has 0 aromatic carbocycles. The lowest BCUT2D eigenvalue weighted by atomic mass is 10.7. The molecule has 0 spiro atoms. The number of terminal acetylenes is 1. The third kappa shape index (κ3) is 3.35. The third-order valence-corrected chi connectivity index (χ3v) is 0.142. The molecule has 0 aromatic rings. The lowest BCUT2D eigenvalue weighted by Gasteiger charge is -1.88. The first kappa shape index (κ1) is 3.54.